The van der Waals surface area contributed by atoms with Gasteiger partial charge in [0.2, 0.25) is 10.0 Å². The summed E-state index contributed by atoms with van der Waals surface area (Å²) in [6, 6.07) is 0.490. The number of guanidine groups is 1. The summed E-state index contributed by atoms with van der Waals surface area (Å²) < 4.78 is 25.1. The highest BCUT2D eigenvalue weighted by atomic mass is 127. The van der Waals surface area contributed by atoms with Crippen molar-refractivity contribution in [2.75, 3.05) is 31.9 Å². The summed E-state index contributed by atoms with van der Waals surface area (Å²) in [5.74, 6) is 1.94. The molecule has 6 nitrogen and oxygen atoms in total. The van der Waals surface area contributed by atoms with Gasteiger partial charge in [0.15, 0.2) is 5.96 Å². The Bertz CT molecular complexity index is 476. The molecule has 0 radical (unpaired) electrons. The Hall–Kier alpha value is -0.0900. The fourth-order valence-electron chi connectivity index (χ4n) is 3.13. The Morgan fingerprint density at radius 2 is 1.96 bits per heavy atom. The van der Waals surface area contributed by atoms with Crippen LogP contribution in [0.4, 0.5) is 0 Å². The number of nitrogens with one attached hydrogen (secondary N) is 2. The van der Waals surface area contributed by atoms with Crippen LogP contribution in [0.15, 0.2) is 4.99 Å². The summed E-state index contributed by atoms with van der Waals surface area (Å²) in [4.78, 5) is 4.54. The standard InChI is InChI=1S/C15H30N4O2S.HI/c1-3-16-15(18-14-7-5-13(2)6-8-14)17-9-11-19-10-4-12-22(19,20)21;/h13-14H,3-12H2,1-2H3,(H2,16,17,18);1H. The maximum atomic E-state index is 11.8. The molecule has 1 saturated carbocycles. The van der Waals surface area contributed by atoms with Crippen molar-refractivity contribution in [2.24, 2.45) is 10.9 Å². The van der Waals surface area contributed by atoms with E-state index in [2.05, 4.69) is 22.5 Å². The minimum absolute atomic E-state index is 0. The summed E-state index contributed by atoms with van der Waals surface area (Å²) in [7, 11) is -3.01. The van der Waals surface area contributed by atoms with E-state index in [1.54, 1.807) is 4.31 Å². The number of halogens is 1. The van der Waals surface area contributed by atoms with E-state index in [1.165, 1.54) is 25.7 Å². The van der Waals surface area contributed by atoms with Crippen LogP contribution >= 0.6 is 24.0 Å². The van der Waals surface area contributed by atoms with Gasteiger partial charge >= 0.3 is 0 Å². The fraction of sp³-hybridized carbons (Fsp3) is 0.933. The maximum Gasteiger partial charge on any atom is 0.214 e. The zero-order valence-electron chi connectivity index (χ0n) is 14.3. The van der Waals surface area contributed by atoms with Crippen molar-refractivity contribution < 1.29 is 8.42 Å². The molecule has 0 atom stereocenters. The molecule has 136 valence electrons. The molecule has 8 heteroatoms. The van der Waals surface area contributed by atoms with Crippen molar-refractivity contribution in [3.63, 3.8) is 0 Å². The van der Waals surface area contributed by atoms with Gasteiger partial charge < -0.3 is 10.6 Å². The molecule has 0 unspecified atom stereocenters. The lowest BCUT2D eigenvalue weighted by Crippen LogP contribution is -2.45. The molecular formula is C15H31IN4O2S. The van der Waals surface area contributed by atoms with Gasteiger partial charge in [0.1, 0.15) is 0 Å². The maximum absolute atomic E-state index is 11.8. The predicted octanol–water partition coefficient (Wildman–Crippen LogP) is 1.77. The lowest BCUT2D eigenvalue weighted by molar-refractivity contribution is 0.329. The number of nitrogens with zero attached hydrogens (tertiary/aromatic N) is 2. The highest BCUT2D eigenvalue weighted by Gasteiger charge is 2.27. The molecule has 1 aliphatic carbocycles. The van der Waals surface area contributed by atoms with Gasteiger partial charge in [-0.2, -0.15) is 0 Å². The number of hydrogen-bond acceptors (Lipinski definition) is 3. The van der Waals surface area contributed by atoms with E-state index in [0.29, 0.717) is 25.7 Å². The third-order valence-electron chi connectivity index (χ3n) is 4.52. The van der Waals surface area contributed by atoms with Crippen LogP contribution < -0.4 is 10.6 Å². The molecule has 2 rings (SSSR count). The first-order chi connectivity index (χ1) is 10.5. The van der Waals surface area contributed by atoms with E-state index < -0.39 is 10.0 Å². The molecule has 0 spiro atoms. The molecule has 0 amide bonds. The van der Waals surface area contributed by atoms with Gasteiger partial charge in [0.05, 0.1) is 12.3 Å². The normalized spacial score (nSPS) is 28.2. The van der Waals surface area contributed by atoms with Crippen LogP contribution in [0.2, 0.25) is 0 Å². The van der Waals surface area contributed by atoms with Crippen molar-refractivity contribution in [2.45, 2.75) is 52.0 Å². The number of rotatable bonds is 5. The van der Waals surface area contributed by atoms with Gasteiger partial charge in [-0.05, 0) is 44.9 Å². The van der Waals surface area contributed by atoms with E-state index in [1.807, 2.05) is 6.92 Å². The summed E-state index contributed by atoms with van der Waals surface area (Å²) >= 11 is 0. The zero-order chi connectivity index (χ0) is 16.0. The van der Waals surface area contributed by atoms with Crippen LogP contribution in [0, 0.1) is 5.92 Å². The van der Waals surface area contributed by atoms with E-state index in [9.17, 15) is 8.42 Å². The quantitative estimate of drug-likeness (QED) is 0.374. The highest BCUT2D eigenvalue weighted by molar-refractivity contribution is 14.0. The second kappa shape index (κ2) is 10.0. The van der Waals surface area contributed by atoms with Crippen molar-refractivity contribution in [3.05, 3.63) is 0 Å². The van der Waals surface area contributed by atoms with Crippen LogP contribution in [0.5, 0.6) is 0 Å². The molecule has 2 aliphatic rings. The number of sulfonamides is 1. The van der Waals surface area contributed by atoms with Gasteiger partial charge in [-0.25, -0.2) is 12.7 Å². The minimum atomic E-state index is -3.01. The summed E-state index contributed by atoms with van der Waals surface area (Å²) in [5, 5.41) is 6.75. The van der Waals surface area contributed by atoms with Crippen molar-refractivity contribution in [1.82, 2.24) is 14.9 Å². The highest BCUT2D eigenvalue weighted by Crippen LogP contribution is 2.23. The van der Waals surface area contributed by atoms with E-state index >= 15 is 0 Å². The lowest BCUT2D eigenvalue weighted by Gasteiger charge is -2.28. The number of aliphatic imine (C=N–C) groups is 1. The van der Waals surface area contributed by atoms with Gasteiger partial charge in [-0.15, -0.1) is 24.0 Å². The molecule has 0 bridgehead atoms. The Kier molecular flexibility index (Phi) is 9.13. The van der Waals surface area contributed by atoms with Crippen molar-refractivity contribution >= 4 is 40.0 Å². The Morgan fingerprint density at radius 3 is 2.52 bits per heavy atom. The summed E-state index contributed by atoms with van der Waals surface area (Å²) in [6.45, 7) is 6.81. The SMILES string of the molecule is CCNC(=NCCN1CCCS1(=O)=O)NC1CCC(C)CC1.I. The molecule has 1 aliphatic heterocycles. The Morgan fingerprint density at radius 1 is 1.26 bits per heavy atom. The lowest BCUT2D eigenvalue weighted by atomic mass is 9.87. The number of hydrogen-bond donors (Lipinski definition) is 2. The summed E-state index contributed by atoms with van der Waals surface area (Å²) in [5.41, 5.74) is 0. The average Bonchev–Trinajstić information content (AvgIpc) is 2.81. The first-order valence-electron chi connectivity index (χ1n) is 8.54. The molecule has 1 heterocycles. The first-order valence-corrected chi connectivity index (χ1v) is 10.1. The monoisotopic (exact) mass is 458 g/mol. The second-order valence-electron chi connectivity index (χ2n) is 6.43. The molecule has 0 aromatic heterocycles. The van der Waals surface area contributed by atoms with Crippen LogP contribution in [0.25, 0.3) is 0 Å². The van der Waals surface area contributed by atoms with Gasteiger partial charge in [-0.1, -0.05) is 6.92 Å². The van der Waals surface area contributed by atoms with E-state index in [0.717, 1.165) is 24.8 Å². The zero-order valence-corrected chi connectivity index (χ0v) is 17.4. The largest absolute Gasteiger partial charge is 0.357 e. The molecule has 23 heavy (non-hydrogen) atoms. The fourth-order valence-corrected chi connectivity index (χ4v) is 4.65. The van der Waals surface area contributed by atoms with Crippen molar-refractivity contribution in [1.29, 1.82) is 0 Å². The molecular weight excluding hydrogens is 427 g/mol. The van der Waals surface area contributed by atoms with Gasteiger partial charge in [0.25, 0.3) is 0 Å². The Labute approximate surface area is 157 Å². The minimum Gasteiger partial charge on any atom is -0.357 e. The van der Waals surface area contributed by atoms with Crippen LogP contribution in [-0.4, -0.2) is 56.7 Å². The summed E-state index contributed by atoms with van der Waals surface area (Å²) in [6.07, 6.45) is 5.65. The van der Waals surface area contributed by atoms with E-state index in [4.69, 9.17) is 0 Å². The Balaban J connectivity index is 0.00000264. The van der Waals surface area contributed by atoms with Gasteiger partial charge in [0, 0.05) is 25.7 Å². The second-order valence-corrected chi connectivity index (χ2v) is 8.52. The van der Waals surface area contributed by atoms with Crippen LogP contribution in [0.3, 0.4) is 0 Å². The third kappa shape index (κ3) is 6.74. The third-order valence-corrected chi connectivity index (χ3v) is 6.48. The molecule has 1 saturated heterocycles. The molecule has 2 N–H and O–H groups in total. The predicted molar refractivity (Wildman–Crippen MR) is 106 cm³/mol. The average molecular weight is 458 g/mol. The first kappa shape index (κ1) is 21.0. The van der Waals surface area contributed by atoms with Gasteiger partial charge in [-0.3, -0.25) is 4.99 Å². The van der Waals surface area contributed by atoms with Crippen LogP contribution in [-0.2, 0) is 10.0 Å². The van der Waals surface area contributed by atoms with Crippen LogP contribution in [0.1, 0.15) is 46.0 Å². The van der Waals surface area contributed by atoms with E-state index in [-0.39, 0.29) is 29.7 Å². The molecule has 2 fully saturated rings. The smallest absolute Gasteiger partial charge is 0.214 e. The van der Waals surface area contributed by atoms with Crippen molar-refractivity contribution in [3.8, 4) is 0 Å². The molecule has 0 aromatic carbocycles. The molecule has 0 aromatic rings. The topological polar surface area (TPSA) is 73.8 Å².